The van der Waals surface area contributed by atoms with Gasteiger partial charge in [0.15, 0.2) is 0 Å². The summed E-state index contributed by atoms with van der Waals surface area (Å²) in [4.78, 5) is 22.0. The zero-order valence-electron chi connectivity index (χ0n) is 11.7. The second-order valence-electron chi connectivity index (χ2n) is 4.64. The minimum Gasteiger partial charge on any atom is -0.478 e. The number of nitrogens with zero attached hydrogens (tertiary/aromatic N) is 1. The molecule has 1 aromatic heterocycles. The van der Waals surface area contributed by atoms with Crippen molar-refractivity contribution >= 4 is 16.0 Å². The van der Waals surface area contributed by atoms with Crippen LogP contribution in [0, 0.1) is 0 Å². The standard InChI is InChI=1S/C14H14N2O5S/c1-16-9-10(2-7-13(16)17)8-15-22(20,21)12-5-3-11(4-6-12)14(18)19/h2-7,9,15H,8H2,1H3,(H,18,19). The predicted octanol–water partition coefficient (Wildman–Crippen LogP) is 0.562. The quantitative estimate of drug-likeness (QED) is 0.837. The lowest BCUT2D eigenvalue weighted by atomic mass is 10.2. The zero-order chi connectivity index (χ0) is 16.3. The number of hydrogen-bond donors (Lipinski definition) is 2. The highest BCUT2D eigenvalue weighted by Gasteiger charge is 2.14. The van der Waals surface area contributed by atoms with Crippen LogP contribution < -0.4 is 10.3 Å². The van der Waals surface area contributed by atoms with Crippen molar-refractivity contribution in [2.24, 2.45) is 7.05 Å². The molecule has 22 heavy (non-hydrogen) atoms. The number of aromatic nitrogens is 1. The topological polar surface area (TPSA) is 105 Å². The van der Waals surface area contributed by atoms with Gasteiger partial charge in [-0.2, -0.15) is 0 Å². The molecule has 1 aromatic carbocycles. The first-order valence-electron chi connectivity index (χ1n) is 6.28. The Labute approximate surface area is 126 Å². The average molecular weight is 322 g/mol. The third kappa shape index (κ3) is 3.60. The fourth-order valence-corrected chi connectivity index (χ4v) is 2.81. The lowest BCUT2D eigenvalue weighted by Gasteiger charge is -2.08. The van der Waals surface area contributed by atoms with Gasteiger partial charge < -0.3 is 9.67 Å². The van der Waals surface area contributed by atoms with Gasteiger partial charge in [-0.05, 0) is 29.8 Å². The Morgan fingerprint density at radius 1 is 1.18 bits per heavy atom. The van der Waals surface area contributed by atoms with Crippen molar-refractivity contribution in [3.05, 3.63) is 64.1 Å². The maximum Gasteiger partial charge on any atom is 0.335 e. The molecule has 7 nitrogen and oxygen atoms in total. The zero-order valence-corrected chi connectivity index (χ0v) is 12.5. The number of aryl methyl sites for hydroxylation is 1. The third-order valence-corrected chi connectivity index (χ3v) is 4.44. The Morgan fingerprint density at radius 3 is 2.36 bits per heavy atom. The molecule has 0 radical (unpaired) electrons. The number of pyridine rings is 1. The number of carboxylic acids is 1. The number of aromatic carboxylic acids is 1. The first-order valence-corrected chi connectivity index (χ1v) is 7.76. The number of carbonyl (C=O) groups is 1. The fourth-order valence-electron chi connectivity index (χ4n) is 1.79. The number of sulfonamides is 1. The molecular weight excluding hydrogens is 308 g/mol. The third-order valence-electron chi connectivity index (χ3n) is 3.02. The average Bonchev–Trinajstić information content (AvgIpc) is 2.48. The Morgan fingerprint density at radius 2 is 1.82 bits per heavy atom. The summed E-state index contributed by atoms with van der Waals surface area (Å²) in [5.74, 6) is -1.12. The SMILES string of the molecule is Cn1cc(CNS(=O)(=O)c2ccc(C(=O)O)cc2)ccc1=O. The van der Waals surface area contributed by atoms with Gasteiger partial charge in [0.25, 0.3) is 0 Å². The van der Waals surface area contributed by atoms with Crippen molar-refractivity contribution in [2.45, 2.75) is 11.4 Å². The van der Waals surface area contributed by atoms with Crippen LogP contribution in [0.25, 0.3) is 0 Å². The monoisotopic (exact) mass is 322 g/mol. The van der Waals surface area contributed by atoms with Crippen LogP contribution in [-0.2, 0) is 23.6 Å². The molecule has 0 amide bonds. The van der Waals surface area contributed by atoms with E-state index in [1.807, 2.05) is 0 Å². The predicted molar refractivity (Wildman–Crippen MR) is 79.1 cm³/mol. The van der Waals surface area contributed by atoms with E-state index < -0.39 is 16.0 Å². The maximum atomic E-state index is 12.1. The Balaban J connectivity index is 2.15. The lowest BCUT2D eigenvalue weighted by molar-refractivity contribution is 0.0696. The molecule has 0 fully saturated rings. The number of hydrogen-bond acceptors (Lipinski definition) is 4. The summed E-state index contributed by atoms with van der Waals surface area (Å²) in [6.07, 6.45) is 1.54. The summed E-state index contributed by atoms with van der Waals surface area (Å²) in [5.41, 5.74) is 0.459. The molecule has 0 atom stereocenters. The van der Waals surface area contributed by atoms with Gasteiger partial charge in [0.2, 0.25) is 15.6 Å². The number of benzene rings is 1. The molecule has 8 heteroatoms. The van der Waals surface area contributed by atoms with Crippen molar-refractivity contribution in [1.29, 1.82) is 0 Å². The second kappa shape index (κ2) is 6.12. The molecule has 0 aliphatic rings. The van der Waals surface area contributed by atoms with Crippen molar-refractivity contribution in [3.63, 3.8) is 0 Å². The van der Waals surface area contributed by atoms with E-state index in [2.05, 4.69) is 4.72 Å². The van der Waals surface area contributed by atoms with Crippen LogP contribution in [0.2, 0.25) is 0 Å². The van der Waals surface area contributed by atoms with Gasteiger partial charge in [-0.15, -0.1) is 0 Å². The number of carboxylic acid groups (broad SMARTS) is 1. The molecule has 0 spiro atoms. The first-order chi connectivity index (χ1) is 10.3. The van der Waals surface area contributed by atoms with E-state index in [9.17, 15) is 18.0 Å². The van der Waals surface area contributed by atoms with Gasteiger partial charge >= 0.3 is 5.97 Å². The summed E-state index contributed by atoms with van der Waals surface area (Å²) in [7, 11) is -2.18. The van der Waals surface area contributed by atoms with Gasteiger partial charge in [-0.25, -0.2) is 17.9 Å². The van der Waals surface area contributed by atoms with Crippen molar-refractivity contribution in [2.75, 3.05) is 0 Å². The highest BCUT2D eigenvalue weighted by Crippen LogP contribution is 2.11. The van der Waals surface area contributed by atoms with E-state index in [0.29, 0.717) is 5.56 Å². The highest BCUT2D eigenvalue weighted by molar-refractivity contribution is 7.89. The molecule has 116 valence electrons. The van der Waals surface area contributed by atoms with Gasteiger partial charge in [0.1, 0.15) is 0 Å². The summed E-state index contributed by atoms with van der Waals surface area (Å²) in [5, 5.41) is 8.79. The smallest absolute Gasteiger partial charge is 0.335 e. The first kappa shape index (κ1) is 15.9. The molecule has 0 aliphatic carbocycles. The molecule has 2 rings (SSSR count). The van der Waals surface area contributed by atoms with E-state index in [0.717, 1.165) is 0 Å². The summed E-state index contributed by atoms with van der Waals surface area (Å²) >= 11 is 0. The molecule has 2 N–H and O–H groups in total. The Hall–Kier alpha value is -2.45. The Kier molecular flexibility index (Phi) is 4.43. The molecule has 0 saturated carbocycles. The van der Waals surface area contributed by atoms with Crippen LogP contribution in [0.15, 0.2) is 52.3 Å². The summed E-state index contributed by atoms with van der Waals surface area (Å²) < 4.78 is 28.0. The molecule has 0 aliphatic heterocycles. The molecular formula is C14H14N2O5S. The maximum absolute atomic E-state index is 12.1. The highest BCUT2D eigenvalue weighted by atomic mass is 32.2. The molecule has 2 aromatic rings. The van der Waals surface area contributed by atoms with Crippen molar-refractivity contribution < 1.29 is 18.3 Å². The summed E-state index contributed by atoms with van der Waals surface area (Å²) in [6.45, 7) is 0.0249. The second-order valence-corrected chi connectivity index (χ2v) is 6.41. The number of rotatable bonds is 5. The van der Waals surface area contributed by atoms with E-state index in [4.69, 9.17) is 5.11 Å². The molecule has 1 heterocycles. The van der Waals surface area contributed by atoms with E-state index in [1.54, 1.807) is 19.3 Å². The van der Waals surface area contributed by atoms with Gasteiger partial charge in [-0.3, -0.25) is 4.79 Å². The van der Waals surface area contributed by atoms with Crippen LogP contribution in [0.5, 0.6) is 0 Å². The largest absolute Gasteiger partial charge is 0.478 e. The van der Waals surface area contributed by atoms with Crippen LogP contribution in [0.4, 0.5) is 0 Å². The fraction of sp³-hybridized carbons (Fsp3) is 0.143. The van der Waals surface area contributed by atoms with Gasteiger partial charge in [0.05, 0.1) is 10.5 Å². The van der Waals surface area contributed by atoms with Crippen molar-refractivity contribution in [3.8, 4) is 0 Å². The lowest BCUT2D eigenvalue weighted by Crippen LogP contribution is -2.24. The van der Waals surface area contributed by atoms with E-state index in [-0.39, 0.29) is 22.6 Å². The Bertz CT molecular complexity index is 854. The van der Waals surface area contributed by atoms with Crippen LogP contribution in [-0.4, -0.2) is 24.1 Å². The number of nitrogens with one attached hydrogen (secondary N) is 1. The van der Waals surface area contributed by atoms with Gasteiger partial charge in [0, 0.05) is 25.9 Å². The molecule has 0 saturated heterocycles. The van der Waals surface area contributed by atoms with Gasteiger partial charge in [-0.1, -0.05) is 6.07 Å². The minimum atomic E-state index is -3.75. The van der Waals surface area contributed by atoms with Crippen molar-refractivity contribution in [1.82, 2.24) is 9.29 Å². The van der Waals surface area contributed by atoms with E-state index >= 15 is 0 Å². The normalized spacial score (nSPS) is 11.3. The summed E-state index contributed by atoms with van der Waals surface area (Å²) in [6, 6.07) is 7.80. The molecule has 0 bridgehead atoms. The van der Waals surface area contributed by atoms with Crippen LogP contribution in [0.1, 0.15) is 15.9 Å². The van der Waals surface area contributed by atoms with E-state index in [1.165, 1.54) is 34.9 Å². The molecule has 0 unspecified atom stereocenters. The van der Waals surface area contributed by atoms with Crippen LogP contribution in [0.3, 0.4) is 0 Å². The minimum absolute atomic E-state index is 0.0111. The van der Waals surface area contributed by atoms with Crippen LogP contribution >= 0.6 is 0 Å².